The maximum absolute atomic E-state index is 11.7. The molecule has 5 heteroatoms. The summed E-state index contributed by atoms with van der Waals surface area (Å²) >= 11 is 6.56. The Balaban J connectivity index is 2.02. The van der Waals surface area contributed by atoms with Gasteiger partial charge in [0.25, 0.3) is 0 Å². The van der Waals surface area contributed by atoms with Crippen LogP contribution >= 0.6 is 31.9 Å². The van der Waals surface area contributed by atoms with Crippen molar-refractivity contribution in [2.45, 2.75) is 0 Å². The molecule has 0 N–H and O–H groups in total. The lowest BCUT2D eigenvalue weighted by atomic mass is 10.2. The van der Waals surface area contributed by atoms with Crippen molar-refractivity contribution >= 4 is 49.8 Å². The molecule has 0 aromatic carbocycles. The Labute approximate surface area is 133 Å². The quantitative estimate of drug-likeness (QED) is 0.574. The van der Waals surface area contributed by atoms with Crippen LogP contribution in [0.5, 0.6) is 0 Å². The van der Waals surface area contributed by atoms with Crippen LogP contribution < -0.4 is 0 Å². The zero-order chi connectivity index (χ0) is 14.4. The maximum Gasteiger partial charge on any atom is 0.178 e. The molecule has 0 amide bonds. The molecule has 0 aliphatic carbocycles. The van der Waals surface area contributed by atoms with E-state index < -0.39 is 0 Å². The van der Waals surface area contributed by atoms with Crippen LogP contribution in [0.3, 0.4) is 0 Å². The summed E-state index contributed by atoms with van der Waals surface area (Å²) in [5, 5.41) is 0. The highest BCUT2D eigenvalue weighted by Crippen LogP contribution is 2.09. The minimum atomic E-state index is -0.117. The molecule has 2 aromatic heterocycles. The molecule has 100 valence electrons. The van der Waals surface area contributed by atoms with E-state index in [0.717, 1.165) is 20.6 Å². The third-order valence-corrected chi connectivity index (χ3v) is 3.19. The van der Waals surface area contributed by atoms with Crippen LogP contribution in [0.4, 0.5) is 0 Å². The van der Waals surface area contributed by atoms with Crippen LogP contribution in [0.25, 0.3) is 12.2 Å². The third-order valence-electron chi connectivity index (χ3n) is 2.31. The van der Waals surface area contributed by atoms with E-state index in [1.807, 2.05) is 36.4 Å². The average molecular weight is 394 g/mol. The number of nitrogens with zero attached hydrogens (tertiary/aromatic N) is 2. The van der Waals surface area contributed by atoms with Crippen LogP contribution in [0.15, 0.2) is 57.8 Å². The number of carbonyl (C=O) groups excluding carboxylic acids is 1. The van der Waals surface area contributed by atoms with Gasteiger partial charge in [0.05, 0.1) is 11.4 Å². The monoisotopic (exact) mass is 392 g/mol. The Morgan fingerprint density at radius 3 is 1.70 bits per heavy atom. The van der Waals surface area contributed by atoms with Gasteiger partial charge >= 0.3 is 0 Å². The fourth-order valence-electron chi connectivity index (χ4n) is 1.42. The number of allylic oxidation sites excluding steroid dienone is 2. The van der Waals surface area contributed by atoms with Gasteiger partial charge in [-0.05, 0) is 80.4 Å². The third kappa shape index (κ3) is 4.83. The molecule has 0 aliphatic rings. The van der Waals surface area contributed by atoms with E-state index >= 15 is 0 Å². The van der Waals surface area contributed by atoms with E-state index in [1.165, 1.54) is 12.2 Å². The van der Waals surface area contributed by atoms with Gasteiger partial charge in [0.1, 0.15) is 9.21 Å². The van der Waals surface area contributed by atoms with Crippen molar-refractivity contribution in [2.24, 2.45) is 0 Å². The number of rotatable bonds is 4. The average Bonchev–Trinajstić information content (AvgIpc) is 2.43. The standard InChI is InChI=1S/C15H10Br2N2O/c16-14-5-1-3-11(18-14)7-9-13(20)10-8-12-4-2-6-15(17)19-12/h1-10H/b9-7+,10-8+. The van der Waals surface area contributed by atoms with Crippen molar-refractivity contribution < 1.29 is 4.79 Å². The summed E-state index contributed by atoms with van der Waals surface area (Å²) in [6, 6.07) is 11.0. The molecule has 0 spiro atoms. The molecule has 0 unspecified atom stereocenters. The van der Waals surface area contributed by atoms with Gasteiger partial charge in [-0.15, -0.1) is 0 Å². The number of carbonyl (C=O) groups is 1. The second-order valence-electron chi connectivity index (χ2n) is 3.84. The first kappa shape index (κ1) is 14.8. The lowest BCUT2D eigenvalue weighted by Crippen LogP contribution is -1.87. The molecule has 2 rings (SSSR count). The summed E-state index contributed by atoms with van der Waals surface area (Å²) < 4.78 is 1.47. The van der Waals surface area contributed by atoms with E-state index in [1.54, 1.807) is 12.2 Å². The van der Waals surface area contributed by atoms with Crippen molar-refractivity contribution in [3.8, 4) is 0 Å². The minimum absolute atomic E-state index is 0.117. The van der Waals surface area contributed by atoms with Gasteiger partial charge < -0.3 is 0 Å². The Kier molecular flexibility index (Phi) is 5.38. The summed E-state index contributed by atoms with van der Waals surface area (Å²) in [5.41, 5.74) is 1.45. The zero-order valence-corrected chi connectivity index (χ0v) is 13.5. The van der Waals surface area contributed by atoms with Crippen LogP contribution in [0.2, 0.25) is 0 Å². The summed E-state index contributed by atoms with van der Waals surface area (Å²) in [6.45, 7) is 0. The number of pyridine rings is 2. The molecule has 0 aliphatic heterocycles. The van der Waals surface area contributed by atoms with Crippen LogP contribution in [-0.4, -0.2) is 15.8 Å². The molecule has 0 bridgehead atoms. The first-order valence-corrected chi connectivity index (χ1v) is 7.37. The number of ketones is 1. The fourth-order valence-corrected chi connectivity index (χ4v) is 2.14. The fraction of sp³-hybridized carbons (Fsp3) is 0. The SMILES string of the molecule is O=C(/C=C/c1cccc(Br)n1)/C=C/c1cccc(Br)n1. The van der Waals surface area contributed by atoms with Gasteiger partial charge in [-0.1, -0.05) is 12.1 Å². The Bertz CT molecular complexity index is 624. The van der Waals surface area contributed by atoms with E-state index in [2.05, 4.69) is 41.8 Å². The Morgan fingerprint density at radius 1 is 0.850 bits per heavy atom. The topological polar surface area (TPSA) is 42.9 Å². The van der Waals surface area contributed by atoms with Crippen LogP contribution in [0, 0.1) is 0 Å². The van der Waals surface area contributed by atoms with Crippen LogP contribution in [0.1, 0.15) is 11.4 Å². The van der Waals surface area contributed by atoms with Gasteiger partial charge in [0.15, 0.2) is 5.78 Å². The molecule has 0 atom stereocenters. The van der Waals surface area contributed by atoms with Gasteiger partial charge in [0.2, 0.25) is 0 Å². The predicted octanol–water partition coefficient (Wildman–Crippen LogP) is 4.30. The highest BCUT2D eigenvalue weighted by atomic mass is 79.9. The molecular weight excluding hydrogens is 384 g/mol. The number of halogens is 2. The molecule has 3 nitrogen and oxygen atoms in total. The van der Waals surface area contributed by atoms with Gasteiger partial charge in [-0.3, -0.25) is 4.79 Å². The molecular formula is C15H10Br2N2O. The molecule has 2 aromatic rings. The van der Waals surface area contributed by atoms with Crippen LogP contribution in [-0.2, 0) is 4.79 Å². The van der Waals surface area contributed by atoms with Crippen molar-refractivity contribution in [1.82, 2.24) is 9.97 Å². The minimum Gasteiger partial charge on any atom is -0.290 e. The summed E-state index contributed by atoms with van der Waals surface area (Å²) in [7, 11) is 0. The Morgan fingerprint density at radius 2 is 1.30 bits per heavy atom. The Hall–Kier alpha value is -1.59. The van der Waals surface area contributed by atoms with Crippen molar-refractivity contribution in [1.29, 1.82) is 0 Å². The summed E-state index contributed by atoms with van der Waals surface area (Å²) in [5.74, 6) is -0.117. The smallest absolute Gasteiger partial charge is 0.178 e. The molecule has 0 fully saturated rings. The molecule has 0 saturated heterocycles. The summed E-state index contributed by atoms with van der Waals surface area (Å²) in [4.78, 5) is 20.1. The lowest BCUT2D eigenvalue weighted by molar-refractivity contribution is -0.110. The molecule has 0 saturated carbocycles. The molecule has 20 heavy (non-hydrogen) atoms. The maximum atomic E-state index is 11.7. The largest absolute Gasteiger partial charge is 0.290 e. The van der Waals surface area contributed by atoms with E-state index in [-0.39, 0.29) is 5.78 Å². The van der Waals surface area contributed by atoms with Crippen molar-refractivity contribution in [3.05, 3.63) is 69.1 Å². The first-order valence-electron chi connectivity index (χ1n) is 5.79. The summed E-state index contributed by atoms with van der Waals surface area (Å²) in [6.07, 6.45) is 6.30. The normalized spacial score (nSPS) is 11.3. The number of aromatic nitrogens is 2. The second kappa shape index (κ2) is 7.26. The van der Waals surface area contributed by atoms with Crippen molar-refractivity contribution in [2.75, 3.05) is 0 Å². The molecule has 2 heterocycles. The lowest BCUT2D eigenvalue weighted by Gasteiger charge is -1.93. The highest BCUT2D eigenvalue weighted by molar-refractivity contribution is 9.10. The van der Waals surface area contributed by atoms with Crippen molar-refractivity contribution in [3.63, 3.8) is 0 Å². The highest BCUT2D eigenvalue weighted by Gasteiger charge is 1.94. The molecule has 0 radical (unpaired) electrons. The number of hydrogen-bond acceptors (Lipinski definition) is 3. The van der Waals surface area contributed by atoms with E-state index in [0.29, 0.717) is 0 Å². The second-order valence-corrected chi connectivity index (χ2v) is 5.46. The van der Waals surface area contributed by atoms with E-state index in [9.17, 15) is 4.79 Å². The first-order chi connectivity index (χ1) is 9.63. The zero-order valence-electron chi connectivity index (χ0n) is 10.3. The predicted molar refractivity (Wildman–Crippen MR) is 86.9 cm³/mol. The van der Waals surface area contributed by atoms with Gasteiger partial charge in [-0.25, -0.2) is 9.97 Å². The van der Waals surface area contributed by atoms with Gasteiger partial charge in [-0.2, -0.15) is 0 Å². The van der Waals surface area contributed by atoms with E-state index in [4.69, 9.17) is 0 Å². The van der Waals surface area contributed by atoms with Gasteiger partial charge in [0, 0.05) is 0 Å². The number of hydrogen-bond donors (Lipinski definition) is 0.